The largest absolute Gasteiger partial charge is 0.490 e. The lowest BCUT2D eigenvalue weighted by atomic mass is 9.73. The summed E-state index contributed by atoms with van der Waals surface area (Å²) >= 11 is 0. The highest BCUT2D eigenvalue weighted by molar-refractivity contribution is 6.08. The molecule has 0 radical (unpaired) electrons. The maximum Gasteiger partial charge on any atom is 0.490 e. The van der Waals surface area contributed by atoms with E-state index in [1.54, 1.807) is 13.3 Å². The first-order valence-corrected chi connectivity index (χ1v) is 11.8. The van der Waals surface area contributed by atoms with Gasteiger partial charge in [0.1, 0.15) is 0 Å². The molecule has 3 heterocycles. The number of carbonyl (C=O) groups is 3. The Bertz CT molecular complexity index is 1130. The fourth-order valence-electron chi connectivity index (χ4n) is 4.33. The molecule has 1 amide bonds. The molecule has 0 atom stereocenters. The summed E-state index contributed by atoms with van der Waals surface area (Å²) in [5.41, 5.74) is 3.12. The fourth-order valence-corrected chi connectivity index (χ4v) is 4.33. The lowest BCUT2D eigenvalue weighted by molar-refractivity contribution is -0.193. The lowest BCUT2D eigenvalue weighted by Gasteiger charge is -2.38. The Morgan fingerprint density at radius 3 is 2.00 bits per heavy atom. The highest BCUT2D eigenvalue weighted by Crippen LogP contribution is 2.47. The van der Waals surface area contributed by atoms with Crippen LogP contribution in [-0.4, -0.2) is 83.6 Å². The van der Waals surface area contributed by atoms with Gasteiger partial charge in [0, 0.05) is 38.3 Å². The molecule has 220 valence electrons. The first-order chi connectivity index (χ1) is 18.6. The van der Waals surface area contributed by atoms with Crippen molar-refractivity contribution in [2.75, 3.05) is 38.3 Å². The van der Waals surface area contributed by atoms with Crippen molar-refractivity contribution in [2.45, 2.75) is 37.2 Å². The third kappa shape index (κ3) is 8.39. The number of benzene rings is 1. The predicted octanol–water partition coefficient (Wildman–Crippen LogP) is 3.88. The minimum Gasteiger partial charge on any atom is -0.475 e. The number of carboxylic acids is 2. The molecule has 9 nitrogen and oxygen atoms in total. The number of ether oxygens (including phenoxy) is 1. The monoisotopic (exact) mass is 579 g/mol. The summed E-state index contributed by atoms with van der Waals surface area (Å²) in [6, 6.07) is 12.4. The van der Waals surface area contributed by atoms with Gasteiger partial charge >= 0.3 is 24.3 Å². The van der Waals surface area contributed by atoms with Crippen LogP contribution in [0.25, 0.3) is 0 Å². The Kier molecular flexibility index (Phi) is 11.0. The molecule has 2 N–H and O–H groups in total. The number of nitrogens with zero attached hydrogens (tertiary/aromatic N) is 3. The normalized spacial score (nSPS) is 16.4. The number of halogens is 6. The molecule has 1 aromatic carbocycles. The number of fused-ring (bicyclic) bond motifs is 2. The second-order valence-electron chi connectivity index (χ2n) is 8.79. The molecule has 2 aliphatic rings. The molecule has 1 aromatic heterocycles. The van der Waals surface area contributed by atoms with Crippen molar-refractivity contribution in [3.63, 3.8) is 0 Å². The number of amides is 1. The van der Waals surface area contributed by atoms with Gasteiger partial charge < -0.3 is 19.8 Å². The van der Waals surface area contributed by atoms with Gasteiger partial charge in [-0.2, -0.15) is 26.3 Å². The molecule has 2 aromatic rings. The van der Waals surface area contributed by atoms with Gasteiger partial charge in [-0.3, -0.25) is 14.7 Å². The van der Waals surface area contributed by atoms with Crippen LogP contribution in [0.1, 0.15) is 24.0 Å². The number of carbonyl (C=O) groups excluding carboxylic acids is 1. The number of piperidine rings is 1. The van der Waals surface area contributed by atoms with Crippen molar-refractivity contribution in [3.05, 3.63) is 59.9 Å². The van der Waals surface area contributed by atoms with Gasteiger partial charge in [-0.05, 0) is 49.2 Å². The first-order valence-electron chi connectivity index (χ1n) is 11.8. The van der Waals surface area contributed by atoms with Crippen LogP contribution < -0.4 is 4.90 Å². The van der Waals surface area contributed by atoms with Gasteiger partial charge in [0.25, 0.3) is 0 Å². The summed E-state index contributed by atoms with van der Waals surface area (Å²) in [5, 5.41) is 14.2. The van der Waals surface area contributed by atoms with E-state index in [4.69, 9.17) is 24.5 Å². The quantitative estimate of drug-likeness (QED) is 0.513. The van der Waals surface area contributed by atoms with Crippen LogP contribution in [0.4, 0.5) is 32.0 Å². The Morgan fingerprint density at radius 1 is 0.975 bits per heavy atom. The fraction of sp³-hybridized carbons (Fsp3) is 0.440. The Balaban J connectivity index is 0.000000333. The average Bonchev–Trinajstić information content (AvgIpc) is 3.11. The van der Waals surface area contributed by atoms with E-state index in [1.165, 1.54) is 11.1 Å². The minimum absolute atomic E-state index is 0.247. The number of alkyl halides is 6. The maximum absolute atomic E-state index is 13.4. The molecule has 1 spiro atoms. The molecule has 1 saturated heterocycles. The third-order valence-electron chi connectivity index (χ3n) is 6.21. The van der Waals surface area contributed by atoms with E-state index in [2.05, 4.69) is 34.1 Å². The molecule has 1 fully saturated rings. The van der Waals surface area contributed by atoms with Crippen molar-refractivity contribution in [2.24, 2.45) is 0 Å². The van der Waals surface area contributed by atoms with E-state index in [-0.39, 0.29) is 11.3 Å². The summed E-state index contributed by atoms with van der Waals surface area (Å²) in [6.07, 6.45) is -4.70. The zero-order valence-electron chi connectivity index (χ0n) is 21.2. The molecule has 0 bridgehead atoms. The first kappa shape index (κ1) is 32.5. The second kappa shape index (κ2) is 13.6. The second-order valence-corrected chi connectivity index (χ2v) is 8.79. The van der Waals surface area contributed by atoms with Crippen molar-refractivity contribution in [3.8, 4) is 0 Å². The van der Waals surface area contributed by atoms with E-state index in [9.17, 15) is 31.1 Å². The van der Waals surface area contributed by atoms with Gasteiger partial charge in [-0.25, -0.2) is 9.59 Å². The van der Waals surface area contributed by atoms with Crippen LogP contribution in [0.3, 0.4) is 0 Å². The topological polar surface area (TPSA) is 120 Å². The number of likely N-dealkylation sites (tertiary alicyclic amines) is 1. The summed E-state index contributed by atoms with van der Waals surface area (Å²) in [4.78, 5) is 39.7. The molecule has 15 heteroatoms. The third-order valence-corrected chi connectivity index (χ3v) is 6.21. The van der Waals surface area contributed by atoms with E-state index in [0.717, 1.165) is 38.2 Å². The number of hydrogen-bond donors (Lipinski definition) is 2. The van der Waals surface area contributed by atoms with Crippen LogP contribution in [0, 0.1) is 0 Å². The van der Waals surface area contributed by atoms with Crippen molar-refractivity contribution < 1.29 is 55.7 Å². The van der Waals surface area contributed by atoms with E-state index in [0.29, 0.717) is 13.2 Å². The molecule has 0 saturated carbocycles. The van der Waals surface area contributed by atoms with Gasteiger partial charge in [0.05, 0.1) is 12.0 Å². The summed E-state index contributed by atoms with van der Waals surface area (Å²) < 4.78 is 68.7. The molecule has 0 unspecified atom stereocenters. The minimum atomic E-state index is -5.08. The molecular weight excluding hydrogens is 552 g/mol. The van der Waals surface area contributed by atoms with Gasteiger partial charge in [0.2, 0.25) is 5.91 Å². The van der Waals surface area contributed by atoms with E-state index in [1.807, 2.05) is 23.2 Å². The van der Waals surface area contributed by atoms with Crippen molar-refractivity contribution in [1.29, 1.82) is 0 Å². The zero-order chi connectivity index (χ0) is 30.1. The maximum atomic E-state index is 13.4. The number of anilines is 1. The lowest BCUT2D eigenvalue weighted by Crippen LogP contribution is -2.49. The number of methoxy groups -OCH3 is 1. The smallest absolute Gasteiger partial charge is 0.475 e. The van der Waals surface area contributed by atoms with Crippen LogP contribution in [0.15, 0.2) is 48.8 Å². The Hall–Kier alpha value is -3.72. The van der Waals surface area contributed by atoms with Gasteiger partial charge in [0.15, 0.2) is 0 Å². The summed E-state index contributed by atoms with van der Waals surface area (Å²) in [7, 11) is 1.68. The number of aliphatic carboxylic acids is 2. The van der Waals surface area contributed by atoms with Crippen molar-refractivity contribution >= 4 is 23.5 Å². The van der Waals surface area contributed by atoms with Crippen LogP contribution in [0.2, 0.25) is 0 Å². The highest BCUT2D eigenvalue weighted by Gasteiger charge is 2.51. The van der Waals surface area contributed by atoms with Crippen molar-refractivity contribution in [1.82, 2.24) is 9.88 Å². The van der Waals surface area contributed by atoms with Gasteiger partial charge in [-0.1, -0.05) is 24.3 Å². The Morgan fingerprint density at radius 2 is 1.52 bits per heavy atom. The number of carboxylic acid groups (broad SMARTS) is 2. The highest BCUT2D eigenvalue weighted by atomic mass is 19.4. The zero-order valence-corrected chi connectivity index (χ0v) is 21.2. The number of para-hydroxylation sites is 1. The summed E-state index contributed by atoms with van der Waals surface area (Å²) in [6.45, 7) is 3.92. The molecular formula is C25H27F6N3O6. The molecule has 40 heavy (non-hydrogen) atoms. The number of hydrogen-bond acceptors (Lipinski definition) is 6. The van der Waals surface area contributed by atoms with Crippen LogP contribution >= 0.6 is 0 Å². The number of rotatable bonds is 5. The molecule has 2 aliphatic heterocycles. The predicted molar refractivity (Wildman–Crippen MR) is 128 cm³/mol. The van der Waals surface area contributed by atoms with Gasteiger partial charge in [-0.15, -0.1) is 0 Å². The standard InChI is InChI=1S/C21H25N3O2.2C2HF3O2/c1-26-14-13-24-19-7-3-2-6-18(19)21(20(24)25)8-11-23(12-9-21)16-17-5-4-10-22-15-17;2*3-2(4,5)1(6)7/h2-7,10,15H,8-9,11-14,16H2,1H3;2*(H,6,7). The number of pyridine rings is 1. The summed E-state index contributed by atoms with van der Waals surface area (Å²) in [5.74, 6) is -5.27. The molecule has 4 rings (SSSR count). The van der Waals surface area contributed by atoms with E-state index >= 15 is 0 Å². The van der Waals surface area contributed by atoms with Crippen LogP contribution in [0.5, 0.6) is 0 Å². The van der Waals surface area contributed by atoms with Crippen LogP contribution in [-0.2, 0) is 31.1 Å². The Labute approximate surface area is 225 Å². The average molecular weight is 579 g/mol. The SMILES string of the molecule is COCCN1C(=O)C2(CCN(Cc3cccnc3)CC2)c2ccccc21.O=C(O)C(F)(F)F.O=C(O)C(F)(F)F. The van der Waals surface area contributed by atoms with E-state index < -0.39 is 24.3 Å². The molecule has 0 aliphatic carbocycles. The number of aromatic nitrogens is 1.